The molecule has 0 atom stereocenters. The molecular weight excluding hydrogens is 423 g/mol. The summed E-state index contributed by atoms with van der Waals surface area (Å²) in [7, 11) is 0. The highest BCUT2D eigenvalue weighted by Crippen LogP contribution is 2.41. The van der Waals surface area contributed by atoms with Crippen LogP contribution in [0.3, 0.4) is 0 Å². The van der Waals surface area contributed by atoms with Crippen LogP contribution in [0.25, 0.3) is 11.3 Å². The first-order valence-corrected chi connectivity index (χ1v) is 10.0. The Morgan fingerprint density at radius 3 is 2.44 bits per heavy atom. The minimum Gasteiger partial charge on any atom is -0.452 e. The van der Waals surface area contributed by atoms with Gasteiger partial charge in [-0.1, -0.05) is 0 Å². The molecule has 1 aliphatic carbocycles. The zero-order valence-corrected chi connectivity index (χ0v) is 17.0. The predicted molar refractivity (Wildman–Crippen MR) is 111 cm³/mol. The molecule has 0 saturated heterocycles. The highest BCUT2D eigenvalue weighted by Gasteiger charge is 2.31. The van der Waals surface area contributed by atoms with E-state index in [0.717, 1.165) is 42.0 Å². The average molecular weight is 441 g/mol. The Kier molecular flexibility index (Phi) is 4.69. The number of benzene rings is 1. The number of fused-ring (bicyclic) bond motifs is 1. The van der Waals surface area contributed by atoms with Crippen LogP contribution in [0.15, 0.2) is 65.7 Å². The monoisotopic (exact) mass is 441 g/mol. The maximum Gasteiger partial charge on any atom is 0.573 e. The number of aryl methyl sites for hydroxylation is 1. The van der Waals surface area contributed by atoms with Crippen molar-refractivity contribution in [1.29, 1.82) is 0 Å². The van der Waals surface area contributed by atoms with Gasteiger partial charge in [-0.05, 0) is 68.3 Å². The molecule has 6 nitrogen and oxygen atoms in total. The summed E-state index contributed by atoms with van der Waals surface area (Å²) in [5.41, 5.74) is 3.23. The van der Waals surface area contributed by atoms with Crippen LogP contribution in [0.2, 0.25) is 0 Å². The number of alkyl halides is 3. The van der Waals surface area contributed by atoms with E-state index in [0.29, 0.717) is 11.6 Å². The fourth-order valence-electron chi connectivity index (χ4n) is 3.65. The van der Waals surface area contributed by atoms with Gasteiger partial charge in [-0.15, -0.1) is 13.2 Å². The molecule has 9 heteroatoms. The van der Waals surface area contributed by atoms with E-state index in [9.17, 15) is 18.0 Å². The topological polar surface area (TPSA) is 57.8 Å². The van der Waals surface area contributed by atoms with Gasteiger partial charge in [-0.2, -0.15) is 0 Å². The lowest BCUT2D eigenvalue weighted by molar-refractivity contribution is -0.274. The van der Waals surface area contributed by atoms with Crippen molar-refractivity contribution in [1.82, 2.24) is 14.0 Å². The molecule has 5 rings (SSSR count). The largest absolute Gasteiger partial charge is 0.573 e. The van der Waals surface area contributed by atoms with Crippen LogP contribution in [0.5, 0.6) is 17.2 Å². The Bertz CT molecular complexity index is 1350. The zero-order chi connectivity index (χ0) is 22.5. The number of hydrogen-bond donors (Lipinski definition) is 0. The molecule has 0 aliphatic heterocycles. The molecule has 32 heavy (non-hydrogen) atoms. The summed E-state index contributed by atoms with van der Waals surface area (Å²) in [5, 5.41) is 0. The van der Waals surface area contributed by atoms with Gasteiger partial charge in [0.25, 0.3) is 5.56 Å². The van der Waals surface area contributed by atoms with E-state index >= 15 is 0 Å². The third kappa shape index (κ3) is 3.93. The Hall–Kier alpha value is -3.75. The van der Waals surface area contributed by atoms with Crippen LogP contribution in [-0.2, 0) is 0 Å². The van der Waals surface area contributed by atoms with E-state index in [1.54, 1.807) is 12.3 Å². The van der Waals surface area contributed by atoms with Crippen molar-refractivity contribution in [3.63, 3.8) is 0 Å². The van der Waals surface area contributed by atoms with Crippen LogP contribution in [0.4, 0.5) is 13.2 Å². The molecule has 0 unspecified atom stereocenters. The third-order valence-corrected chi connectivity index (χ3v) is 5.32. The molecule has 1 aromatic carbocycles. The first kappa shape index (κ1) is 20.2. The van der Waals surface area contributed by atoms with Crippen molar-refractivity contribution in [2.24, 2.45) is 0 Å². The highest BCUT2D eigenvalue weighted by molar-refractivity contribution is 5.49. The Morgan fingerprint density at radius 1 is 1.03 bits per heavy atom. The molecule has 4 aromatic rings. The van der Waals surface area contributed by atoms with Crippen LogP contribution in [0, 0.1) is 6.92 Å². The lowest BCUT2D eigenvalue weighted by Crippen LogP contribution is -2.19. The molecule has 0 N–H and O–H groups in total. The molecular formula is C23H18F3N3O3. The van der Waals surface area contributed by atoms with Crippen molar-refractivity contribution < 1.29 is 22.6 Å². The van der Waals surface area contributed by atoms with Gasteiger partial charge in [0.1, 0.15) is 17.1 Å². The second kappa shape index (κ2) is 7.44. The molecule has 1 saturated carbocycles. The molecule has 0 spiro atoms. The molecule has 0 radical (unpaired) electrons. The second-order valence-electron chi connectivity index (χ2n) is 7.64. The molecule has 3 aromatic heterocycles. The summed E-state index contributed by atoms with van der Waals surface area (Å²) in [5.74, 6) is 0.401. The van der Waals surface area contributed by atoms with Gasteiger partial charge in [0.05, 0.1) is 11.4 Å². The number of pyridine rings is 2. The van der Waals surface area contributed by atoms with Gasteiger partial charge in [-0.25, -0.2) is 4.98 Å². The second-order valence-corrected chi connectivity index (χ2v) is 7.64. The highest BCUT2D eigenvalue weighted by atomic mass is 19.4. The number of rotatable bonds is 5. The summed E-state index contributed by atoms with van der Waals surface area (Å²) in [4.78, 5) is 17.7. The number of hydrogen-bond acceptors (Lipinski definition) is 4. The summed E-state index contributed by atoms with van der Waals surface area (Å²) < 4.78 is 49.8. The van der Waals surface area contributed by atoms with Gasteiger partial charge in [0, 0.05) is 24.0 Å². The maximum absolute atomic E-state index is 13.0. The van der Waals surface area contributed by atoms with Crippen LogP contribution in [-0.4, -0.2) is 20.3 Å². The quantitative estimate of drug-likeness (QED) is 0.418. The third-order valence-electron chi connectivity index (χ3n) is 5.32. The van der Waals surface area contributed by atoms with Crippen molar-refractivity contribution >= 4 is 5.65 Å². The Labute approximate surface area is 180 Å². The van der Waals surface area contributed by atoms with E-state index < -0.39 is 11.9 Å². The molecule has 0 bridgehead atoms. The first-order valence-electron chi connectivity index (χ1n) is 10.0. The van der Waals surface area contributed by atoms with Gasteiger partial charge in [0.15, 0.2) is 5.75 Å². The van der Waals surface area contributed by atoms with Gasteiger partial charge in [-0.3, -0.25) is 9.36 Å². The fourth-order valence-corrected chi connectivity index (χ4v) is 3.65. The number of aromatic nitrogens is 3. The zero-order valence-electron chi connectivity index (χ0n) is 17.0. The molecule has 1 fully saturated rings. The molecule has 164 valence electrons. The standard InChI is InChI=1S/C23H18F3N3O3/c1-14-21(15-4-5-15)27-20-11-6-16(13-29(14)20)28-12-2-3-19(22(28)30)31-17-7-9-18(10-8-17)32-23(24,25)26/h2-3,6-13,15H,4-5H2,1H3. The minimum atomic E-state index is -4.77. The summed E-state index contributed by atoms with van der Waals surface area (Å²) in [6, 6.07) is 11.7. The van der Waals surface area contributed by atoms with Crippen molar-refractivity contribution in [2.45, 2.75) is 32.0 Å². The Morgan fingerprint density at radius 2 is 1.75 bits per heavy atom. The lowest BCUT2D eigenvalue weighted by Gasteiger charge is -2.11. The van der Waals surface area contributed by atoms with Crippen molar-refractivity contribution in [3.8, 4) is 22.9 Å². The first-order chi connectivity index (χ1) is 15.3. The Balaban J connectivity index is 1.44. The van der Waals surface area contributed by atoms with Gasteiger partial charge in [0.2, 0.25) is 0 Å². The smallest absolute Gasteiger partial charge is 0.452 e. The lowest BCUT2D eigenvalue weighted by atomic mass is 10.2. The molecule has 0 amide bonds. The number of imidazole rings is 1. The summed E-state index contributed by atoms with van der Waals surface area (Å²) >= 11 is 0. The average Bonchev–Trinajstić information content (AvgIpc) is 3.54. The normalized spacial score (nSPS) is 14.0. The minimum absolute atomic E-state index is 0.0399. The van der Waals surface area contributed by atoms with Gasteiger partial charge >= 0.3 is 6.36 Å². The van der Waals surface area contributed by atoms with Crippen molar-refractivity contribution in [2.75, 3.05) is 0 Å². The summed E-state index contributed by atoms with van der Waals surface area (Å²) in [6.45, 7) is 2.02. The van der Waals surface area contributed by atoms with E-state index in [1.165, 1.54) is 22.8 Å². The molecule has 1 aliphatic rings. The van der Waals surface area contributed by atoms with Gasteiger partial charge < -0.3 is 13.9 Å². The van der Waals surface area contributed by atoms with Crippen LogP contribution >= 0.6 is 0 Å². The van der Waals surface area contributed by atoms with Crippen molar-refractivity contribution in [3.05, 3.63) is 82.7 Å². The molecule has 3 heterocycles. The number of ether oxygens (including phenoxy) is 2. The van der Waals surface area contributed by atoms with E-state index in [-0.39, 0.29) is 17.2 Å². The number of halogens is 3. The fraction of sp³-hybridized carbons (Fsp3) is 0.217. The van der Waals surface area contributed by atoms with E-state index in [1.807, 2.05) is 29.7 Å². The number of nitrogens with zero attached hydrogens (tertiary/aromatic N) is 3. The van der Waals surface area contributed by atoms with E-state index in [2.05, 4.69) is 4.74 Å². The van der Waals surface area contributed by atoms with Crippen LogP contribution < -0.4 is 15.0 Å². The summed E-state index contributed by atoms with van der Waals surface area (Å²) in [6.07, 6.45) is 1.02. The van der Waals surface area contributed by atoms with Crippen LogP contribution in [0.1, 0.15) is 30.1 Å². The van der Waals surface area contributed by atoms with E-state index in [4.69, 9.17) is 9.72 Å². The predicted octanol–water partition coefficient (Wildman–Crippen LogP) is 5.36. The maximum atomic E-state index is 13.0. The SMILES string of the molecule is Cc1c(C2CC2)nc2ccc(-n3cccc(Oc4ccc(OC(F)(F)F)cc4)c3=O)cn12.